The fourth-order valence-electron chi connectivity index (χ4n) is 18.7. The number of aliphatic hydroxyl groups is 8. The van der Waals surface area contributed by atoms with E-state index in [1.54, 1.807) is 0 Å². The molecule has 0 aliphatic heterocycles. The highest BCUT2D eigenvalue weighted by Crippen LogP contribution is 2.42. The van der Waals surface area contributed by atoms with Crippen LogP contribution < -0.4 is 0 Å². The molecule has 0 bridgehead atoms. The summed E-state index contributed by atoms with van der Waals surface area (Å²) in [5.74, 6) is 13.6. The zero-order valence-corrected chi connectivity index (χ0v) is 74.0. The molecule has 0 spiro atoms. The zero-order valence-electron chi connectivity index (χ0n) is 74.0. The molecule has 608 valence electrons. The van der Waals surface area contributed by atoms with E-state index in [1.807, 2.05) is 0 Å². The van der Waals surface area contributed by atoms with Gasteiger partial charge in [0.2, 0.25) is 0 Å². The van der Waals surface area contributed by atoms with Crippen LogP contribution in [0, 0.1) is 142 Å². The summed E-state index contributed by atoms with van der Waals surface area (Å²) < 4.78 is 0. The Labute approximate surface area is 645 Å². The molecule has 8 aliphatic carbocycles. The second-order valence-corrected chi connectivity index (χ2v) is 38.9. The van der Waals surface area contributed by atoms with E-state index in [0.717, 1.165) is 81.5 Å². The summed E-state index contributed by atoms with van der Waals surface area (Å²) in [4.78, 5) is 0. The first-order valence-electron chi connectivity index (χ1n) is 42.7. The number of rotatable bonds is 8. The third-order valence-electron chi connectivity index (χ3n) is 26.0. The lowest BCUT2D eigenvalue weighted by atomic mass is 9.71. The molecule has 8 nitrogen and oxygen atoms in total. The van der Waals surface area contributed by atoms with Crippen molar-refractivity contribution in [3.05, 3.63) is 93.2 Å². The second-order valence-electron chi connectivity index (χ2n) is 38.9. The smallest absolute Gasteiger partial charge is 0.0630 e. The first kappa shape index (κ1) is 99.6. The highest BCUT2D eigenvalue weighted by molar-refractivity contribution is 5.08. The molecule has 8 fully saturated rings. The minimum atomic E-state index is -0.126. The van der Waals surface area contributed by atoms with Gasteiger partial charge in [-0.3, -0.25) is 0 Å². The summed E-state index contributed by atoms with van der Waals surface area (Å²) in [7, 11) is 0. The molecule has 32 atom stereocenters. The van der Waals surface area contributed by atoms with Gasteiger partial charge in [0.25, 0.3) is 0 Å². The van der Waals surface area contributed by atoms with Gasteiger partial charge in [-0.1, -0.05) is 204 Å². The van der Waals surface area contributed by atoms with Crippen LogP contribution in [0.2, 0.25) is 0 Å². The van der Waals surface area contributed by atoms with E-state index in [-0.39, 0.29) is 48.8 Å². The maximum atomic E-state index is 10.0. The van der Waals surface area contributed by atoms with Crippen LogP contribution >= 0.6 is 0 Å². The minimum Gasteiger partial charge on any atom is -0.393 e. The third kappa shape index (κ3) is 37.5. The zero-order chi connectivity index (χ0) is 80.1. The molecule has 104 heavy (non-hydrogen) atoms. The Morgan fingerprint density at radius 3 is 1.15 bits per heavy atom. The highest BCUT2D eigenvalue weighted by atomic mass is 16.3. The van der Waals surface area contributed by atoms with Crippen molar-refractivity contribution in [1.29, 1.82) is 0 Å². The fourth-order valence-corrected chi connectivity index (χ4v) is 18.7. The van der Waals surface area contributed by atoms with Gasteiger partial charge in [-0.05, 0) is 344 Å². The van der Waals surface area contributed by atoms with Gasteiger partial charge >= 0.3 is 0 Å². The van der Waals surface area contributed by atoms with Crippen molar-refractivity contribution in [3.63, 3.8) is 0 Å². The van der Waals surface area contributed by atoms with E-state index < -0.39 is 0 Å². The fraction of sp³-hybridized carbons (Fsp3) is 0.833. The van der Waals surface area contributed by atoms with Crippen molar-refractivity contribution in [2.24, 2.45) is 142 Å². The van der Waals surface area contributed by atoms with Gasteiger partial charge in [-0.2, -0.15) is 0 Å². The molecule has 0 amide bonds. The standard InChI is InChI=1S/8C12H22O/c1-8(2)5-11-7-12(13)6-9(3)10(11)4;1-8(2)5-11-6-9(3)10(4)12(13)7-11;1-8(2)5-11-7-12(13)10(4)6-9(11)3;1-8(2)5-11-6-9(3)7-12(13)10(11)4;1-8(2)5-11-7-9(3)6-10(4)12(11)13;1-8(2)7-11-9(3)5-6-12(13)10(11)4;1-8(2)7-11-6-5-9(3)12(13)10(11)4;1-8(2)7-11-6-5-9(3)10(4)12(11)13/h5*5,9-13H,6-7H2,1-4H3;3*7,9-13H,5-6H2,1-4H3. The van der Waals surface area contributed by atoms with Crippen LogP contribution in [0.4, 0.5) is 0 Å². The van der Waals surface area contributed by atoms with Crippen LogP contribution in [-0.4, -0.2) is 89.7 Å². The molecule has 8 saturated carbocycles. The molecular weight excluding hydrogens is 1280 g/mol. The van der Waals surface area contributed by atoms with Crippen LogP contribution in [0.25, 0.3) is 0 Å². The first-order chi connectivity index (χ1) is 48.1. The van der Waals surface area contributed by atoms with E-state index in [1.165, 1.54) is 89.5 Å². The Kier molecular flexibility index (Phi) is 47.7. The Hall–Kier alpha value is -2.40. The van der Waals surface area contributed by atoms with Crippen molar-refractivity contribution < 1.29 is 40.9 Å². The monoisotopic (exact) mass is 1460 g/mol. The predicted molar refractivity (Wildman–Crippen MR) is 452 cm³/mol. The van der Waals surface area contributed by atoms with Gasteiger partial charge in [0.15, 0.2) is 0 Å². The summed E-state index contributed by atoms with van der Waals surface area (Å²) in [5.41, 5.74) is 10.9. The maximum Gasteiger partial charge on any atom is 0.0630 e. The predicted octanol–water partition coefficient (Wildman–Crippen LogP) is 24.0. The molecule has 0 radical (unpaired) electrons. The molecule has 8 N–H and O–H groups in total. The quantitative estimate of drug-likeness (QED) is 0.111. The summed E-state index contributed by atoms with van der Waals surface area (Å²) in [5, 5.41) is 78.6. The topological polar surface area (TPSA) is 162 Å². The largest absolute Gasteiger partial charge is 0.393 e. The summed E-state index contributed by atoms with van der Waals surface area (Å²) in [6.45, 7) is 69.5. The SMILES string of the molecule is CC(C)=CC1C(C)CCC(O)C1C.CC(C)=CC1CC(C)C(C)C(O)C1.CC(C)=CC1CC(C)CC(C)C1O.CC(C)=CC1CC(C)CC(O)C1C.CC(C)=CC1CC(O)C(C)CC1C.CC(C)=CC1CC(O)CC(C)C1C.CC(C)=CC1CCC(C)C(C)C1O.CC(C)=CC1CCC(C)C(O)C1C. The lowest BCUT2D eigenvalue weighted by Gasteiger charge is -2.36. The van der Waals surface area contributed by atoms with Gasteiger partial charge in [-0.25, -0.2) is 0 Å². The summed E-state index contributed by atoms with van der Waals surface area (Å²) in [6, 6.07) is 0. The van der Waals surface area contributed by atoms with Crippen LogP contribution in [0.5, 0.6) is 0 Å². The van der Waals surface area contributed by atoms with Crippen LogP contribution in [-0.2, 0) is 0 Å². The van der Waals surface area contributed by atoms with Crippen molar-refractivity contribution >= 4 is 0 Å². The highest BCUT2D eigenvalue weighted by Gasteiger charge is 2.37. The van der Waals surface area contributed by atoms with Crippen molar-refractivity contribution in [3.8, 4) is 0 Å². The average Bonchev–Trinajstić information content (AvgIpc) is 0.757. The average molecular weight is 1460 g/mol. The molecular formula is C96H176O8. The van der Waals surface area contributed by atoms with Crippen LogP contribution in [0.15, 0.2) is 93.2 Å². The molecule has 0 aromatic heterocycles. The van der Waals surface area contributed by atoms with E-state index >= 15 is 0 Å². The number of aliphatic hydroxyl groups excluding tert-OH is 8. The molecule has 0 aromatic rings. The molecule has 32 unspecified atom stereocenters. The Balaban J connectivity index is 0.000000594. The van der Waals surface area contributed by atoms with E-state index in [2.05, 4.69) is 270 Å². The minimum absolute atomic E-state index is 0.0770. The van der Waals surface area contributed by atoms with Gasteiger partial charge in [-0.15, -0.1) is 0 Å². The van der Waals surface area contributed by atoms with Gasteiger partial charge in [0.1, 0.15) is 0 Å². The van der Waals surface area contributed by atoms with Crippen LogP contribution in [0.3, 0.4) is 0 Å². The molecule has 8 heteroatoms. The summed E-state index contributed by atoms with van der Waals surface area (Å²) >= 11 is 0. The molecule has 0 heterocycles. The number of allylic oxidation sites excluding steroid dienone is 14. The lowest BCUT2D eigenvalue weighted by molar-refractivity contribution is 0.0132. The number of hydrogen-bond donors (Lipinski definition) is 8. The van der Waals surface area contributed by atoms with Crippen molar-refractivity contribution in [2.45, 2.75) is 373 Å². The molecule has 8 rings (SSSR count). The first-order valence-corrected chi connectivity index (χ1v) is 42.7. The third-order valence-corrected chi connectivity index (χ3v) is 26.0. The lowest BCUT2D eigenvalue weighted by Crippen LogP contribution is -2.35. The Morgan fingerprint density at radius 1 is 0.212 bits per heavy atom. The number of hydrogen-bond acceptors (Lipinski definition) is 8. The maximum absolute atomic E-state index is 10.0. The molecule has 0 aromatic carbocycles. The Morgan fingerprint density at radius 2 is 0.635 bits per heavy atom. The van der Waals surface area contributed by atoms with Crippen LogP contribution in [0.1, 0.15) is 324 Å². The Bertz CT molecular complexity index is 2400. The van der Waals surface area contributed by atoms with Gasteiger partial charge in [0, 0.05) is 11.8 Å². The molecule has 8 aliphatic rings. The normalized spacial score (nSPS) is 40.1. The van der Waals surface area contributed by atoms with E-state index in [4.69, 9.17) is 0 Å². The van der Waals surface area contributed by atoms with Gasteiger partial charge < -0.3 is 40.9 Å². The molecule has 0 saturated heterocycles. The van der Waals surface area contributed by atoms with Gasteiger partial charge in [0.05, 0.1) is 48.8 Å². The van der Waals surface area contributed by atoms with E-state index in [0.29, 0.717) is 118 Å². The van der Waals surface area contributed by atoms with E-state index in [9.17, 15) is 40.9 Å². The second kappa shape index (κ2) is 49.8. The summed E-state index contributed by atoms with van der Waals surface area (Å²) in [6.07, 6.45) is 35.4. The van der Waals surface area contributed by atoms with Crippen molar-refractivity contribution in [2.75, 3.05) is 0 Å². The van der Waals surface area contributed by atoms with Crippen molar-refractivity contribution in [1.82, 2.24) is 0 Å².